The van der Waals surface area contributed by atoms with E-state index < -0.39 is 4.92 Å². The number of benzene rings is 3. The second kappa shape index (κ2) is 9.76. The monoisotopic (exact) mass is 502 g/mol. The van der Waals surface area contributed by atoms with E-state index in [1.54, 1.807) is 32.4 Å². The Kier molecular flexibility index (Phi) is 6.36. The molecule has 9 nitrogen and oxygen atoms in total. The number of hydrogen-bond acceptors (Lipinski definition) is 9. The number of aliphatic hydroxyl groups is 1. The minimum absolute atomic E-state index is 0.0420. The topological polar surface area (TPSA) is 120 Å². The number of methoxy groups -OCH3 is 2. The largest absolute Gasteiger partial charge is 0.497 e. The number of nitro benzene ring substituents is 1. The molecule has 1 aromatic heterocycles. The summed E-state index contributed by atoms with van der Waals surface area (Å²) in [5.41, 5.74) is 4.64. The number of anilines is 1. The molecule has 0 fully saturated rings. The number of aromatic nitrogens is 2. The molecule has 10 heteroatoms. The highest BCUT2D eigenvalue weighted by atomic mass is 32.1. The van der Waals surface area contributed by atoms with Gasteiger partial charge in [-0.2, -0.15) is 0 Å². The fourth-order valence-electron chi connectivity index (χ4n) is 4.37. The molecule has 1 aliphatic rings. The number of nitro groups is 1. The van der Waals surface area contributed by atoms with Crippen molar-refractivity contribution in [3.63, 3.8) is 0 Å². The quantitative estimate of drug-likeness (QED) is 0.256. The zero-order valence-electron chi connectivity index (χ0n) is 19.5. The Morgan fingerprint density at radius 1 is 1.03 bits per heavy atom. The Labute approximate surface area is 210 Å². The first-order chi connectivity index (χ1) is 17.5. The van der Waals surface area contributed by atoms with Crippen molar-refractivity contribution in [2.24, 2.45) is 0 Å². The van der Waals surface area contributed by atoms with Gasteiger partial charge in [-0.3, -0.25) is 10.1 Å². The number of nitrogens with zero attached hydrogens (tertiary/aromatic N) is 3. The van der Waals surface area contributed by atoms with Gasteiger partial charge in [0.05, 0.1) is 31.7 Å². The first-order valence-corrected chi connectivity index (χ1v) is 11.9. The van der Waals surface area contributed by atoms with Gasteiger partial charge >= 0.3 is 0 Å². The summed E-state index contributed by atoms with van der Waals surface area (Å²) in [6.45, 7) is -0.220. The van der Waals surface area contributed by atoms with E-state index in [0.717, 1.165) is 28.0 Å². The summed E-state index contributed by atoms with van der Waals surface area (Å²) in [5.74, 6) is 1.00. The number of allylic oxidation sites excluding steroid dienone is 1. The molecule has 0 aliphatic heterocycles. The van der Waals surface area contributed by atoms with E-state index in [4.69, 9.17) is 9.47 Å². The third kappa shape index (κ3) is 4.16. The summed E-state index contributed by atoms with van der Waals surface area (Å²) in [5, 5.41) is 34.4. The van der Waals surface area contributed by atoms with Crippen LogP contribution in [0.25, 0.3) is 5.57 Å². The summed E-state index contributed by atoms with van der Waals surface area (Å²) in [4.78, 5) is 11.4. The van der Waals surface area contributed by atoms with E-state index in [-0.39, 0.29) is 18.2 Å². The van der Waals surface area contributed by atoms with Crippen LogP contribution in [0.2, 0.25) is 0 Å². The third-order valence-corrected chi connectivity index (χ3v) is 6.99. The molecule has 1 unspecified atom stereocenters. The highest BCUT2D eigenvalue weighted by Gasteiger charge is 2.37. The maximum atomic E-state index is 11.8. The lowest BCUT2D eigenvalue weighted by Crippen LogP contribution is -2.11. The van der Waals surface area contributed by atoms with Crippen LogP contribution in [0.4, 0.5) is 11.4 Å². The molecule has 1 heterocycles. The number of hydrogen-bond donors (Lipinski definition) is 2. The van der Waals surface area contributed by atoms with Crippen LogP contribution in [0, 0.1) is 10.1 Å². The van der Waals surface area contributed by atoms with Crippen LogP contribution in [0.1, 0.15) is 32.6 Å². The van der Waals surface area contributed by atoms with Gasteiger partial charge in [0, 0.05) is 17.3 Å². The Balaban J connectivity index is 1.77. The van der Waals surface area contributed by atoms with Crippen LogP contribution in [0.15, 0.2) is 72.4 Å². The molecule has 0 saturated carbocycles. The number of nitrogens with one attached hydrogen (secondary N) is 1. The fraction of sp³-hybridized carbons (Fsp3) is 0.154. The van der Waals surface area contributed by atoms with Crippen LogP contribution in [-0.2, 0) is 6.61 Å². The molecule has 182 valence electrons. The normalized spacial score (nSPS) is 14.5. The van der Waals surface area contributed by atoms with Gasteiger partial charge in [-0.1, -0.05) is 41.7 Å². The highest BCUT2D eigenvalue weighted by Crippen LogP contribution is 2.50. The molecule has 0 spiro atoms. The van der Waals surface area contributed by atoms with Crippen molar-refractivity contribution >= 4 is 28.3 Å². The summed E-state index contributed by atoms with van der Waals surface area (Å²) < 4.78 is 10.9. The van der Waals surface area contributed by atoms with Crippen molar-refractivity contribution in [3.8, 4) is 11.5 Å². The maximum Gasteiger partial charge on any atom is 0.292 e. The van der Waals surface area contributed by atoms with Gasteiger partial charge < -0.3 is 19.9 Å². The number of fused-ring (bicyclic) bond motifs is 1. The molecule has 36 heavy (non-hydrogen) atoms. The summed E-state index contributed by atoms with van der Waals surface area (Å²) in [7, 11) is 3.21. The fourth-order valence-corrected chi connectivity index (χ4v) is 5.20. The van der Waals surface area contributed by atoms with E-state index in [2.05, 4.69) is 15.5 Å². The van der Waals surface area contributed by atoms with Crippen molar-refractivity contribution in [3.05, 3.63) is 109 Å². The Morgan fingerprint density at radius 2 is 1.75 bits per heavy atom. The molecule has 0 amide bonds. The van der Waals surface area contributed by atoms with Gasteiger partial charge in [0.1, 0.15) is 27.2 Å². The lowest BCUT2D eigenvalue weighted by Gasteiger charge is -2.17. The second-order valence-electron chi connectivity index (χ2n) is 7.99. The van der Waals surface area contributed by atoms with Crippen molar-refractivity contribution in [1.29, 1.82) is 0 Å². The van der Waals surface area contributed by atoms with Gasteiger partial charge in [-0.05, 0) is 47.0 Å². The predicted molar refractivity (Wildman–Crippen MR) is 136 cm³/mol. The van der Waals surface area contributed by atoms with Crippen LogP contribution < -0.4 is 14.8 Å². The SMILES string of the molecule is COc1ccc(C2=C(Nc3ccccc3[N+](=O)[O-])C(c3nnc(CO)s3)c3ccc(OC)cc32)cc1. The Bertz CT molecular complexity index is 1470. The van der Waals surface area contributed by atoms with E-state index in [0.29, 0.717) is 27.2 Å². The van der Waals surface area contributed by atoms with Gasteiger partial charge in [0.25, 0.3) is 5.69 Å². The second-order valence-corrected chi connectivity index (χ2v) is 9.09. The van der Waals surface area contributed by atoms with E-state index in [1.807, 2.05) is 42.5 Å². The summed E-state index contributed by atoms with van der Waals surface area (Å²) >= 11 is 1.30. The molecule has 1 atom stereocenters. The molecule has 1 aliphatic carbocycles. The van der Waals surface area contributed by atoms with E-state index in [1.165, 1.54) is 17.4 Å². The van der Waals surface area contributed by atoms with Gasteiger partial charge in [0.15, 0.2) is 0 Å². The van der Waals surface area contributed by atoms with Crippen LogP contribution in [0.5, 0.6) is 11.5 Å². The standard InChI is InChI=1S/C26H22N4O5S/c1-34-16-9-7-15(8-10-16)23-19-13-17(35-2)11-12-18(19)24(26-29-28-22(14-31)36-26)25(23)27-20-5-3-4-6-21(20)30(32)33/h3-13,24,27,31H,14H2,1-2H3. The van der Waals surface area contributed by atoms with E-state index >= 15 is 0 Å². The highest BCUT2D eigenvalue weighted by molar-refractivity contribution is 7.11. The zero-order chi connectivity index (χ0) is 25.2. The smallest absolute Gasteiger partial charge is 0.292 e. The Morgan fingerprint density at radius 3 is 2.42 bits per heavy atom. The zero-order valence-corrected chi connectivity index (χ0v) is 20.3. The first kappa shape index (κ1) is 23.5. The average Bonchev–Trinajstić information content (AvgIpc) is 3.50. The predicted octanol–water partition coefficient (Wildman–Crippen LogP) is 4.97. The average molecular weight is 503 g/mol. The molecule has 4 aromatic rings. The van der Waals surface area contributed by atoms with Crippen molar-refractivity contribution in [2.75, 3.05) is 19.5 Å². The third-order valence-electron chi connectivity index (χ3n) is 6.01. The number of aliphatic hydroxyl groups excluding tert-OH is 1. The minimum Gasteiger partial charge on any atom is -0.497 e. The molecule has 0 radical (unpaired) electrons. The van der Waals surface area contributed by atoms with Crippen molar-refractivity contribution < 1.29 is 19.5 Å². The van der Waals surface area contributed by atoms with Gasteiger partial charge in [0.2, 0.25) is 0 Å². The number of para-hydroxylation sites is 2. The van der Waals surface area contributed by atoms with Crippen LogP contribution >= 0.6 is 11.3 Å². The molecular weight excluding hydrogens is 480 g/mol. The molecule has 2 N–H and O–H groups in total. The van der Waals surface area contributed by atoms with Crippen LogP contribution in [-0.4, -0.2) is 34.4 Å². The minimum atomic E-state index is -0.412. The maximum absolute atomic E-state index is 11.8. The lowest BCUT2D eigenvalue weighted by atomic mass is 9.97. The molecule has 0 saturated heterocycles. The molecule has 0 bridgehead atoms. The molecule has 5 rings (SSSR count). The number of ether oxygens (including phenoxy) is 2. The van der Waals surface area contributed by atoms with Crippen molar-refractivity contribution in [2.45, 2.75) is 12.5 Å². The lowest BCUT2D eigenvalue weighted by molar-refractivity contribution is -0.383. The van der Waals surface area contributed by atoms with E-state index in [9.17, 15) is 15.2 Å². The summed E-state index contributed by atoms with van der Waals surface area (Å²) in [6.07, 6.45) is 0. The Hall–Kier alpha value is -4.28. The van der Waals surface area contributed by atoms with Gasteiger partial charge in [-0.25, -0.2) is 0 Å². The molecular formula is C26H22N4O5S. The van der Waals surface area contributed by atoms with Crippen LogP contribution in [0.3, 0.4) is 0 Å². The number of rotatable bonds is 8. The summed E-state index contributed by atoms with van der Waals surface area (Å²) in [6, 6.07) is 19.9. The van der Waals surface area contributed by atoms with Gasteiger partial charge in [-0.15, -0.1) is 10.2 Å². The molecule has 3 aromatic carbocycles. The van der Waals surface area contributed by atoms with Crippen molar-refractivity contribution in [1.82, 2.24) is 10.2 Å². The first-order valence-electron chi connectivity index (χ1n) is 11.0.